The molecule has 3 nitrogen and oxygen atoms in total. The minimum atomic E-state index is -0.157. The van der Waals surface area contributed by atoms with E-state index in [4.69, 9.17) is 4.89 Å². The van der Waals surface area contributed by atoms with E-state index in [2.05, 4.69) is 48.1 Å². The molecule has 0 aliphatic heterocycles. The Hall–Kier alpha value is -0.380. The minimum absolute atomic E-state index is 0.0166. The van der Waals surface area contributed by atoms with Gasteiger partial charge in [-0.15, -0.1) is 0 Å². The second-order valence-electron chi connectivity index (χ2n) is 14.7. The first-order valence-electron chi connectivity index (χ1n) is 14.0. The summed E-state index contributed by atoms with van der Waals surface area (Å²) >= 11 is 0. The van der Waals surface area contributed by atoms with Crippen LogP contribution in [0.25, 0.3) is 0 Å². The molecule has 0 radical (unpaired) electrons. The summed E-state index contributed by atoms with van der Waals surface area (Å²) in [4.78, 5) is 4.92. The highest BCUT2D eigenvalue weighted by atomic mass is 17.1. The van der Waals surface area contributed by atoms with Crippen molar-refractivity contribution in [3.63, 3.8) is 0 Å². The first-order chi connectivity index (χ1) is 15.4. The third kappa shape index (κ3) is 2.97. The summed E-state index contributed by atoms with van der Waals surface area (Å²) in [6.45, 7) is 19.8. The van der Waals surface area contributed by atoms with Gasteiger partial charge in [-0.1, -0.05) is 46.8 Å². The van der Waals surface area contributed by atoms with Crippen molar-refractivity contribution in [1.29, 1.82) is 0 Å². The second-order valence-corrected chi connectivity index (χ2v) is 14.7. The van der Waals surface area contributed by atoms with Gasteiger partial charge in [0.25, 0.3) is 0 Å². The van der Waals surface area contributed by atoms with Crippen molar-refractivity contribution in [3.8, 4) is 0 Å². The van der Waals surface area contributed by atoms with Crippen LogP contribution in [-0.2, 0) is 4.89 Å². The lowest BCUT2D eigenvalue weighted by Gasteiger charge is -2.73. The van der Waals surface area contributed by atoms with Crippen LogP contribution in [0.2, 0.25) is 0 Å². The van der Waals surface area contributed by atoms with Gasteiger partial charge in [0.15, 0.2) is 0 Å². The molecule has 5 aliphatic carbocycles. The van der Waals surface area contributed by atoms with Crippen LogP contribution in [0.3, 0.4) is 0 Å². The Balaban J connectivity index is 1.54. The average molecular weight is 459 g/mol. The quantitative estimate of drug-likeness (QED) is 0.261. The van der Waals surface area contributed by atoms with E-state index in [1.807, 2.05) is 0 Å². The van der Waals surface area contributed by atoms with Gasteiger partial charge in [0.1, 0.15) is 0 Å². The van der Waals surface area contributed by atoms with Crippen LogP contribution in [-0.4, -0.2) is 23.1 Å². The largest absolute Gasteiger partial charge is 0.393 e. The normalized spacial score (nSPS) is 55.2. The summed E-state index contributed by atoms with van der Waals surface area (Å²) in [5, 5.41) is 20.5. The van der Waals surface area contributed by atoms with Gasteiger partial charge in [0.2, 0.25) is 0 Å². The molecule has 0 aromatic rings. The molecule has 0 aromatic heterocycles. The zero-order chi connectivity index (χ0) is 24.0. The second kappa shape index (κ2) is 7.56. The van der Waals surface area contributed by atoms with Gasteiger partial charge in [-0.2, -0.15) is 0 Å². The lowest BCUT2D eigenvalue weighted by Crippen LogP contribution is -2.66. The number of aliphatic hydroxyl groups is 1. The van der Waals surface area contributed by atoms with Crippen LogP contribution < -0.4 is 0 Å². The van der Waals surface area contributed by atoms with Gasteiger partial charge in [-0.25, -0.2) is 4.89 Å². The standard InChI is InChI=1S/C30H50O3/c1-19(2)20-10-15-30(18-33-32)17-16-28(6)21(25(20)30)8-9-23-27(5)13-12-24(31)26(3,4)22(27)11-14-29(23,28)7/h20-25,31-32H,1,8-18H2,2-7H3/t20-,21+,22-,23+,24-,25+,27-,28+,29+,30+/m0/s1. The minimum Gasteiger partial charge on any atom is -0.393 e. The molecule has 5 fully saturated rings. The number of hydrogen-bond donors (Lipinski definition) is 2. The summed E-state index contributed by atoms with van der Waals surface area (Å²) in [6.07, 6.45) is 12.0. The van der Waals surface area contributed by atoms with Gasteiger partial charge in [-0.3, -0.25) is 5.26 Å². The number of rotatable bonds is 3. The van der Waals surface area contributed by atoms with E-state index in [9.17, 15) is 10.4 Å². The molecule has 33 heavy (non-hydrogen) atoms. The molecular formula is C30H50O3. The van der Waals surface area contributed by atoms with Gasteiger partial charge < -0.3 is 5.11 Å². The van der Waals surface area contributed by atoms with E-state index >= 15 is 0 Å². The highest BCUT2D eigenvalue weighted by Crippen LogP contribution is 2.77. The van der Waals surface area contributed by atoms with E-state index < -0.39 is 0 Å². The summed E-state index contributed by atoms with van der Waals surface area (Å²) < 4.78 is 0. The molecule has 0 spiro atoms. The third-order valence-corrected chi connectivity index (χ3v) is 13.6. The fourth-order valence-electron chi connectivity index (χ4n) is 11.7. The lowest BCUT2D eigenvalue weighted by molar-refractivity contribution is -0.289. The van der Waals surface area contributed by atoms with Crippen molar-refractivity contribution >= 4 is 0 Å². The lowest BCUT2D eigenvalue weighted by atomic mass is 9.32. The molecule has 0 heterocycles. The maximum atomic E-state index is 10.9. The highest BCUT2D eigenvalue weighted by Gasteiger charge is 2.70. The van der Waals surface area contributed by atoms with Crippen LogP contribution in [0.4, 0.5) is 0 Å². The first-order valence-corrected chi connectivity index (χ1v) is 14.0. The number of allylic oxidation sites excluding steroid dienone is 1. The Morgan fingerprint density at radius 2 is 1.58 bits per heavy atom. The molecule has 0 unspecified atom stereocenters. The molecule has 0 saturated heterocycles. The van der Waals surface area contributed by atoms with Crippen molar-refractivity contribution in [2.24, 2.45) is 56.7 Å². The molecule has 0 amide bonds. The van der Waals surface area contributed by atoms with Crippen molar-refractivity contribution in [2.75, 3.05) is 6.61 Å². The molecule has 0 aromatic carbocycles. The Kier molecular flexibility index (Phi) is 5.57. The number of hydrogen-bond acceptors (Lipinski definition) is 3. The zero-order valence-corrected chi connectivity index (χ0v) is 22.3. The summed E-state index contributed by atoms with van der Waals surface area (Å²) in [6, 6.07) is 0. The van der Waals surface area contributed by atoms with E-state index in [0.29, 0.717) is 46.5 Å². The van der Waals surface area contributed by atoms with Gasteiger partial charge in [0.05, 0.1) is 12.7 Å². The van der Waals surface area contributed by atoms with Crippen molar-refractivity contribution in [1.82, 2.24) is 0 Å². The summed E-state index contributed by atoms with van der Waals surface area (Å²) in [5.41, 5.74) is 2.48. The van der Waals surface area contributed by atoms with Crippen molar-refractivity contribution in [2.45, 2.75) is 112 Å². The monoisotopic (exact) mass is 458 g/mol. The van der Waals surface area contributed by atoms with E-state index in [0.717, 1.165) is 12.3 Å². The fraction of sp³-hybridized carbons (Fsp3) is 0.933. The van der Waals surface area contributed by atoms with Gasteiger partial charge in [-0.05, 0) is 122 Å². The van der Waals surface area contributed by atoms with Crippen LogP contribution in [0.5, 0.6) is 0 Å². The topological polar surface area (TPSA) is 49.7 Å². The highest BCUT2D eigenvalue weighted by molar-refractivity contribution is 5.21. The molecule has 10 atom stereocenters. The smallest absolute Gasteiger partial charge is 0.0878 e. The maximum absolute atomic E-state index is 10.9. The molecule has 0 bridgehead atoms. The Labute approximate surface area is 202 Å². The fourth-order valence-corrected chi connectivity index (χ4v) is 11.7. The maximum Gasteiger partial charge on any atom is 0.0878 e. The van der Waals surface area contributed by atoms with Crippen LogP contribution in [0.1, 0.15) is 106 Å². The Morgan fingerprint density at radius 3 is 2.24 bits per heavy atom. The predicted molar refractivity (Wildman–Crippen MR) is 134 cm³/mol. The van der Waals surface area contributed by atoms with Crippen LogP contribution in [0, 0.1) is 56.7 Å². The van der Waals surface area contributed by atoms with Crippen molar-refractivity contribution in [3.05, 3.63) is 12.2 Å². The molecule has 3 heteroatoms. The molecule has 188 valence electrons. The zero-order valence-electron chi connectivity index (χ0n) is 22.3. The molecular weight excluding hydrogens is 408 g/mol. The molecule has 2 N–H and O–H groups in total. The van der Waals surface area contributed by atoms with Gasteiger partial charge >= 0.3 is 0 Å². The van der Waals surface area contributed by atoms with E-state index in [1.165, 1.54) is 63.4 Å². The summed E-state index contributed by atoms with van der Waals surface area (Å²) in [7, 11) is 0. The Morgan fingerprint density at radius 1 is 0.848 bits per heavy atom. The Bertz CT molecular complexity index is 804. The predicted octanol–water partition coefficient (Wildman–Crippen LogP) is 7.49. The van der Waals surface area contributed by atoms with E-state index in [-0.39, 0.29) is 16.9 Å². The first kappa shape index (κ1) is 24.3. The SMILES string of the molecule is C=C(C)[C@@H]1CC[C@]2(COO)CC[C@]3(C)[C@H](CC[C@@H]4[C@@]5(C)CC[C@H](O)C(C)(C)[C@@H]5CC[C@]43C)[C@@H]12. The average Bonchev–Trinajstić information content (AvgIpc) is 3.12. The van der Waals surface area contributed by atoms with Crippen molar-refractivity contribution < 1.29 is 15.3 Å². The summed E-state index contributed by atoms with van der Waals surface area (Å²) in [5.74, 6) is 3.21. The van der Waals surface area contributed by atoms with Crippen LogP contribution in [0.15, 0.2) is 12.2 Å². The van der Waals surface area contributed by atoms with E-state index in [1.54, 1.807) is 0 Å². The number of fused-ring (bicyclic) bond motifs is 7. The van der Waals surface area contributed by atoms with Gasteiger partial charge in [0, 0.05) is 5.41 Å². The molecule has 5 aliphatic rings. The molecule has 5 saturated carbocycles. The molecule has 5 rings (SSSR count). The number of aliphatic hydroxyl groups excluding tert-OH is 1. The van der Waals surface area contributed by atoms with Crippen LogP contribution >= 0.6 is 0 Å². The third-order valence-electron chi connectivity index (χ3n) is 13.6.